The highest BCUT2D eigenvalue weighted by Gasteiger charge is 2.29. The van der Waals surface area contributed by atoms with Gasteiger partial charge in [-0.3, -0.25) is 4.79 Å². The van der Waals surface area contributed by atoms with Gasteiger partial charge in [0.05, 0.1) is 0 Å². The highest BCUT2D eigenvalue weighted by molar-refractivity contribution is 14.1. The first kappa shape index (κ1) is 24.5. The number of hydrogen-bond acceptors (Lipinski definition) is 2. The van der Waals surface area contributed by atoms with Gasteiger partial charge in [-0.15, -0.1) is 0 Å². The Hall–Kier alpha value is -2.60. The molecule has 0 fully saturated rings. The zero-order chi connectivity index (χ0) is 24.7. The van der Waals surface area contributed by atoms with Gasteiger partial charge in [-0.05, 0) is 81.0 Å². The summed E-state index contributed by atoms with van der Waals surface area (Å²) < 4.78 is 7.63. The van der Waals surface area contributed by atoms with Crippen molar-refractivity contribution >= 4 is 45.8 Å². The first-order chi connectivity index (χ1) is 15.9. The summed E-state index contributed by atoms with van der Waals surface area (Å²) in [5.41, 5.74) is 6.69. The van der Waals surface area contributed by atoms with E-state index in [1.807, 2.05) is 36.4 Å². The SMILES string of the molecule is CC(C)(C)c1cc(C=C2C(=O)Nc3ccc(I)cc32)cc(C(C)(C)C)c1OCc1ccccc1. The van der Waals surface area contributed by atoms with E-state index in [4.69, 9.17) is 4.74 Å². The molecule has 1 N–H and O–H groups in total. The van der Waals surface area contributed by atoms with Crippen LogP contribution >= 0.6 is 22.6 Å². The Labute approximate surface area is 216 Å². The van der Waals surface area contributed by atoms with Crippen molar-refractivity contribution in [3.8, 4) is 5.75 Å². The fourth-order valence-corrected chi connectivity index (χ4v) is 4.70. The normalized spacial score (nSPS) is 14.8. The molecule has 0 saturated carbocycles. The molecule has 0 unspecified atom stereocenters. The van der Waals surface area contributed by atoms with Gasteiger partial charge in [0.25, 0.3) is 5.91 Å². The fraction of sp³-hybridized carbons (Fsp3) is 0.300. The lowest BCUT2D eigenvalue weighted by Crippen LogP contribution is -2.20. The Morgan fingerprint density at radius 3 is 2.09 bits per heavy atom. The van der Waals surface area contributed by atoms with Crippen molar-refractivity contribution in [2.45, 2.75) is 59.0 Å². The Balaban J connectivity index is 1.85. The average Bonchev–Trinajstić information content (AvgIpc) is 3.06. The van der Waals surface area contributed by atoms with E-state index in [0.717, 1.165) is 42.8 Å². The second-order valence-electron chi connectivity index (χ2n) is 10.9. The Morgan fingerprint density at radius 1 is 0.882 bits per heavy atom. The van der Waals surface area contributed by atoms with Crippen molar-refractivity contribution in [2.75, 3.05) is 5.32 Å². The Bertz CT molecular complexity index is 1230. The van der Waals surface area contributed by atoms with Gasteiger partial charge >= 0.3 is 0 Å². The summed E-state index contributed by atoms with van der Waals surface area (Å²) in [5, 5.41) is 3.00. The van der Waals surface area contributed by atoms with E-state index >= 15 is 0 Å². The van der Waals surface area contributed by atoms with Crippen LogP contribution in [0.4, 0.5) is 5.69 Å². The number of amides is 1. The molecule has 3 aromatic carbocycles. The van der Waals surface area contributed by atoms with Crippen LogP contribution in [0.15, 0.2) is 60.7 Å². The van der Waals surface area contributed by atoms with Gasteiger partial charge < -0.3 is 10.1 Å². The summed E-state index contributed by atoms with van der Waals surface area (Å²) in [6, 6.07) is 20.7. The number of carbonyl (C=O) groups is 1. The molecule has 0 aliphatic carbocycles. The van der Waals surface area contributed by atoms with Gasteiger partial charge in [0, 0.05) is 31.5 Å². The van der Waals surface area contributed by atoms with Gasteiger partial charge in [0.15, 0.2) is 0 Å². The minimum atomic E-state index is -0.133. The summed E-state index contributed by atoms with van der Waals surface area (Å²) in [6.45, 7) is 13.8. The number of rotatable bonds is 4. The largest absolute Gasteiger partial charge is 0.488 e. The fourth-order valence-electron chi connectivity index (χ4n) is 4.20. The molecular weight excluding hydrogens is 533 g/mol. The van der Waals surface area contributed by atoms with Crippen LogP contribution in [0.3, 0.4) is 0 Å². The highest BCUT2D eigenvalue weighted by atomic mass is 127. The average molecular weight is 565 g/mol. The molecule has 1 heterocycles. The van der Waals surface area contributed by atoms with Crippen molar-refractivity contribution in [1.29, 1.82) is 0 Å². The molecule has 0 saturated heterocycles. The summed E-state index contributed by atoms with van der Waals surface area (Å²) in [6.07, 6.45) is 2.02. The zero-order valence-corrected chi connectivity index (χ0v) is 22.9. The molecule has 0 atom stereocenters. The lowest BCUT2D eigenvalue weighted by atomic mass is 9.78. The molecule has 1 amide bonds. The quantitative estimate of drug-likeness (QED) is 0.258. The van der Waals surface area contributed by atoms with Crippen molar-refractivity contribution in [1.82, 2.24) is 0 Å². The lowest BCUT2D eigenvalue weighted by Gasteiger charge is -2.30. The molecule has 1 aliphatic rings. The van der Waals surface area contributed by atoms with Crippen LogP contribution < -0.4 is 10.1 Å². The van der Waals surface area contributed by atoms with Gasteiger partial charge in [-0.25, -0.2) is 0 Å². The third kappa shape index (κ3) is 5.22. The molecule has 1 aliphatic heterocycles. The zero-order valence-electron chi connectivity index (χ0n) is 20.8. The summed E-state index contributed by atoms with van der Waals surface area (Å²) in [7, 11) is 0. The number of hydrogen-bond donors (Lipinski definition) is 1. The third-order valence-electron chi connectivity index (χ3n) is 6.03. The predicted molar refractivity (Wildman–Crippen MR) is 150 cm³/mol. The van der Waals surface area contributed by atoms with E-state index in [2.05, 4.69) is 99.8 Å². The van der Waals surface area contributed by atoms with Crippen LogP contribution in [0.5, 0.6) is 5.75 Å². The number of ether oxygens (including phenoxy) is 1. The van der Waals surface area contributed by atoms with Crippen molar-refractivity contribution in [3.05, 3.63) is 92.1 Å². The first-order valence-electron chi connectivity index (χ1n) is 11.6. The number of nitrogens with one attached hydrogen (secondary N) is 1. The number of benzene rings is 3. The van der Waals surface area contributed by atoms with E-state index in [1.54, 1.807) is 0 Å². The van der Waals surface area contributed by atoms with Crippen LogP contribution in [0.1, 0.15) is 69.4 Å². The first-order valence-corrected chi connectivity index (χ1v) is 12.7. The molecule has 34 heavy (non-hydrogen) atoms. The standard InChI is InChI=1S/C30H32INO2/c1-29(2,3)24-15-20(14-23-22-17-21(31)12-13-26(22)32-28(23)33)16-25(30(4,5)6)27(24)34-18-19-10-8-7-9-11-19/h7-17H,18H2,1-6H3,(H,32,33). The monoisotopic (exact) mass is 565 g/mol. The number of carbonyl (C=O) groups excluding carboxylic acids is 1. The molecule has 0 bridgehead atoms. The van der Waals surface area contributed by atoms with E-state index in [9.17, 15) is 4.79 Å². The van der Waals surface area contributed by atoms with E-state index in [-0.39, 0.29) is 16.7 Å². The second-order valence-corrected chi connectivity index (χ2v) is 12.2. The van der Waals surface area contributed by atoms with Gasteiger partial charge in [-0.1, -0.05) is 71.9 Å². The molecule has 3 aromatic rings. The third-order valence-corrected chi connectivity index (χ3v) is 6.70. The van der Waals surface area contributed by atoms with Crippen LogP contribution in [0.25, 0.3) is 11.6 Å². The molecule has 176 valence electrons. The maximum absolute atomic E-state index is 12.8. The van der Waals surface area contributed by atoms with Gasteiger partial charge in [-0.2, -0.15) is 0 Å². The molecule has 4 heteroatoms. The molecule has 4 rings (SSSR count). The maximum atomic E-state index is 12.8. The number of fused-ring (bicyclic) bond motifs is 1. The molecular formula is C30H32INO2. The Kier molecular flexibility index (Phi) is 6.65. The highest BCUT2D eigenvalue weighted by Crippen LogP contribution is 2.42. The molecule has 3 nitrogen and oxygen atoms in total. The molecule has 0 radical (unpaired) electrons. The number of halogens is 1. The van der Waals surface area contributed by atoms with Crippen molar-refractivity contribution < 1.29 is 9.53 Å². The van der Waals surface area contributed by atoms with Crippen molar-refractivity contribution in [2.24, 2.45) is 0 Å². The van der Waals surface area contributed by atoms with Gasteiger partial charge in [0.1, 0.15) is 12.4 Å². The van der Waals surface area contributed by atoms with Crippen LogP contribution in [-0.4, -0.2) is 5.91 Å². The summed E-state index contributed by atoms with van der Waals surface area (Å²) in [5.74, 6) is 0.882. The minimum absolute atomic E-state index is 0.0592. The summed E-state index contributed by atoms with van der Waals surface area (Å²) >= 11 is 2.29. The second kappa shape index (κ2) is 9.21. The van der Waals surface area contributed by atoms with E-state index < -0.39 is 0 Å². The molecule has 0 spiro atoms. The topological polar surface area (TPSA) is 38.3 Å². The van der Waals surface area contributed by atoms with Crippen molar-refractivity contribution in [3.63, 3.8) is 0 Å². The maximum Gasteiger partial charge on any atom is 0.256 e. The van der Waals surface area contributed by atoms with Crippen LogP contribution in [-0.2, 0) is 22.2 Å². The van der Waals surface area contributed by atoms with Gasteiger partial charge in [0.2, 0.25) is 0 Å². The smallest absolute Gasteiger partial charge is 0.256 e. The Morgan fingerprint density at radius 2 is 1.50 bits per heavy atom. The molecule has 0 aromatic heterocycles. The van der Waals surface area contributed by atoms with E-state index in [1.165, 1.54) is 0 Å². The van der Waals surface area contributed by atoms with Crippen LogP contribution in [0, 0.1) is 3.57 Å². The van der Waals surface area contributed by atoms with E-state index in [0.29, 0.717) is 12.2 Å². The summed E-state index contributed by atoms with van der Waals surface area (Å²) in [4.78, 5) is 12.8. The van der Waals surface area contributed by atoms with Crippen LogP contribution in [0.2, 0.25) is 0 Å². The number of anilines is 1. The lowest BCUT2D eigenvalue weighted by molar-refractivity contribution is -0.110. The predicted octanol–water partition coefficient (Wildman–Crippen LogP) is 7.96. The minimum Gasteiger partial charge on any atom is -0.488 e.